The SMILES string of the molecule is Cc1nc2cc(-c3ccc(Cl)cc3)nn2c(C)c1CCC(=O)NCc1ccc(F)cc1. The van der Waals surface area contributed by atoms with Gasteiger partial charge in [-0.25, -0.2) is 13.9 Å². The number of benzene rings is 2. The van der Waals surface area contributed by atoms with Crippen LogP contribution < -0.4 is 5.32 Å². The maximum Gasteiger partial charge on any atom is 0.220 e. The molecule has 0 aliphatic heterocycles. The van der Waals surface area contributed by atoms with Gasteiger partial charge in [-0.2, -0.15) is 5.10 Å². The minimum atomic E-state index is -0.290. The first-order chi connectivity index (χ1) is 14.9. The first kappa shape index (κ1) is 21.0. The van der Waals surface area contributed by atoms with E-state index in [1.807, 2.05) is 48.7 Å². The molecular formula is C24H22ClFN4O. The van der Waals surface area contributed by atoms with Crippen LogP contribution in [0.25, 0.3) is 16.9 Å². The number of nitrogens with one attached hydrogen (secondary N) is 1. The lowest BCUT2D eigenvalue weighted by molar-refractivity contribution is -0.121. The van der Waals surface area contributed by atoms with Gasteiger partial charge in [0.1, 0.15) is 5.82 Å². The van der Waals surface area contributed by atoms with E-state index >= 15 is 0 Å². The van der Waals surface area contributed by atoms with Crippen molar-refractivity contribution in [1.82, 2.24) is 19.9 Å². The number of hydrogen-bond acceptors (Lipinski definition) is 3. The number of rotatable bonds is 6. The van der Waals surface area contributed by atoms with Gasteiger partial charge in [0.2, 0.25) is 5.91 Å². The molecule has 4 rings (SSSR count). The zero-order valence-electron chi connectivity index (χ0n) is 17.3. The number of aromatic nitrogens is 3. The third-order valence-electron chi connectivity index (χ3n) is 5.31. The monoisotopic (exact) mass is 436 g/mol. The zero-order chi connectivity index (χ0) is 22.0. The number of carbonyl (C=O) groups excluding carboxylic acids is 1. The second-order valence-corrected chi connectivity index (χ2v) is 7.91. The molecule has 31 heavy (non-hydrogen) atoms. The summed E-state index contributed by atoms with van der Waals surface area (Å²) in [5.74, 6) is -0.354. The fourth-order valence-corrected chi connectivity index (χ4v) is 3.71. The van der Waals surface area contributed by atoms with E-state index in [2.05, 4.69) is 10.3 Å². The molecule has 1 N–H and O–H groups in total. The van der Waals surface area contributed by atoms with Crippen LogP contribution >= 0.6 is 11.6 Å². The van der Waals surface area contributed by atoms with Crippen LogP contribution in [0.15, 0.2) is 54.6 Å². The Morgan fingerprint density at radius 2 is 1.81 bits per heavy atom. The number of fused-ring (bicyclic) bond motifs is 1. The van der Waals surface area contributed by atoms with Gasteiger partial charge in [0.05, 0.1) is 5.69 Å². The normalized spacial score (nSPS) is 11.1. The highest BCUT2D eigenvalue weighted by Crippen LogP contribution is 2.24. The van der Waals surface area contributed by atoms with Crippen LogP contribution in [0.2, 0.25) is 5.02 Å². The van der Waals surface area contributed by atoms with Gasteiger partial charge in [-0.15, -0.1) is 0 Å². The van der Waals surface area contributed by atoms with Crippen molar-refractivity contribution in [3.05, 3.63) is 88.0 Å². The van der Waals surface area contributed by atoms with Crippen molar-refractivity contribution < 1.29 is 9.18 Å². The van der Waals surface area contributed by atoms with Crippen LogP contribution in [0.1, 0.15) is 28.9 Å². The van der Waals surface area contributed by atoms with Gasteiger partial charge in [0.15, 0.2) is 5.65 Å². The molecule has 2 aromatic heterocycles. The Morgan fingerprint density at radius 3 is 2.52 bits per heavy atom. The molecule has 2 aromatic carbocycles. The highest BCUT2D eigenvalue weighted by molar-refractivity contribution is 6.30. The van der Waals surface area contributed by atoms with Crippen LogP contribution in [0, 0.1) is 19.7 Å². The predicted octanol–water partition coefficient (Wildman–Crippen LogP) is 5.05. The number of nitrogens with zero attached hydrogens (tertiary/aromatic N) is 3. The van der Waals surface area contributed by atoms with E-state index in [4.69, 9.17) is 16.7 Å². The van der Waals surface area contributed by atoms with Gasteiger partial charge in [-0.1, -0.05) is 35.9 Å². The molecule has 7 heteroatoms. The summed E-state index contributed by atoms with van der Waals surface area (Å²) in [6.45, 7) is 4.32. The standard InChI is InChI=1S/C24H22ClFN4O/c1-15-21(11-12-24(31)27-14-17-3-9-20(26)10-4-17)16(2)30-23(28-15)13-22(29-30)18-5-7-19(25)8-6-18/h3-10,13H,11-12,14H2,1-2H3,(H,27,31). The Morgan fingerprint density at radius 1 is 1.10 bits per heavy atom. The van der Waals surface area contributed by atoms with Crippen LogP contribution in [0.5, 0.6) is 0 Å². The Balaban J connectivity index is 1.47. The molecule has 0 saturated heterocycles. The number of hydrogen-bond donors (Lipinski definition) is 1. The molecule has 4 aromatic rings. The van der Waals surface area contributed by atoms with E-state index in [-0.39, 0.29) is 11.7 Å². The Kier molecular flexibility index (Phi) is 6.00. The maximum absolute atomic E-state index is 13.0. The van der Waals surface area contributed by atoms with E-state index in [0.29, 0.717) is 24.4 Å². The van der Waals surface area contributed by atoms with E-state index in [1.54, 1.807) is 12.1 Å². The quantitative estimate of drug-likeness (QED) is 0.460. The smallest absolute Gasteiger partial charge is 0.220 e. The first-order valence-corrected chi connectivity index (χ1v) is 10.4. The number of aryl methyl sites for hydroxylation is 2. The summed E-state index contributed by atoms with van der Waals surface area (Å²) in [5.41, 5.74) is 6.28. The summed E-state index contributed by atoms with van der Waals surface area (Å²) >= 11 is 5.98. The Labute approximate surface area is 184 Å². The lowest BCUT2D eigenvalue weighted by atomic mass is 10.1. The summed E-state index contributed by atoms with van der Waals surface area (Å²) in [5, 5.41) is 8.26. The topological polar surface area (TPSA) is 59.3 Å². The third kappa shape index (κ3) is 4.75. The van der Waals surface area contributed by atoms with Crippen molar-refractivity contribution >= 4 is 23.2 Å². The van der Waals surface area contributed by atoms with Gasteiger partial charge < -0.3 is 5.32 Å². The lowest BCUT2D eigenvalue weighted by Gasteiger charge is -2.11. The van der Waals surface area contributed by atoms with Crippen molar-refractivity contribution in [2.45, 2.75) is 33.2 Å². The van der Waals surface area contributed by atoms with Gasteiger partial charge in [0.25, 0.3) is 0 Å². The Bertz CT molecular complexity index is 1230. The fourth-order valence-electron chi connectivity index (χ4n) is 3.58. The summed E-state index contributed by atoms with van der Waals surface area (Å²) < 4.78 is 14.8. The molecule has 0 radical (unpaired) electrons. The van der Waals surface area contributed by atoms with E-state index in [1.165, 1.54) is 12.1 Å². The van der Waals surface area contributed by atoms with Crippen molar-refractivity contribution in [1.29, 1.82) is 0 Å². The lowest BCUT2D eigenvalue weighted by Crippen LogP contribution is -2.23. The van der Waals surface area contributed by atoms with Gasteiger partial charge in [-0.3, -0.25) is 4.79 Å². The van der Waals surface area contributed by atoms with Crippen molar-refractivity contribution in [3.63, 3.8) is 0 Å². The molecule has 0 unspecified atom stereocenters. The van der Waals surface area contributed by atoms with Gasteiger partial charge in [0, 0.05) is 41.0 Å². The average molecular weight is 437 g/mol. The van der Waals surface area contributed by atoms with E-state index in [9.17, 15) is 9.18 Å². The summed E-state index contributed by atoms with van der Waals surface area (Å²) in [6, 6.07) is 15.6. The molecule has 2 heterocycles. The van der Waals surface area contributed by atoms with Crippen molar-refractivity contribution in [3.8, 4) is 11.3 Å². The molecule has 0 saturated carbocycles. The molecule has 0 aliphatic rings. The minimum Gasteiger partial charge on any atom is -0.352 e. The molecular weight excluding hydrogens is 415 g/mol. The van der Waals surface area contributed by atoms with Gasteiger partial charge in [-0.05, 0) is 55.7 Å². The summed E-state index contributed by atoms with van der Waals surface area (Å²) in [4.78, 5) is 17.0. The largest absolute Gasteiger partial charge is 0.352 e. The van der Waals surface area contributed by atoms with Crippen molar-refractivity contribution in [2.24, 2.45) is 0 Å². The predicted molar refractivity (Wildman–Crippen MR) is 119 cm³/mol. The number of halogens is 2. The third-order valence-corrected chi connectivity index (χ3v) is 5.56. The highest BCUT2D eigenvalue weighted by atomic mass is 35.5. The molecule has 5 nitrogen and oxygen atoms in total. The fraction of sp³-hybridized carbons (Fsp3) is 0.208. The number of amides is 1. The van der Waals surface area contributed by atoms with Crippen LogP contribution in [-0.2, 0) is 17.8 Å². The molecule has 1 amide bonds. The second kappa shape index (κ2) is 8.86. The van der Waals surface area contributed by atoms with E-state index < -0.39 is 0 Å². The molecule has 158 valence electrons. The highest BCUT2D eigenvalue weighted by Gasteiger charge is 2.14. The van der Waals surface area contributed by atoms with E-state index in [0.717, 1.165) is 39.4 Å². The van der Waals surface area contributed by atoms with Crippen LogP contribution in [-0.4, -0.2) is 20.5 Å². The molecule has 0 bridgehead atoms. The molecule has 0 atom stereocenters. The Hall–Kier alpha value is -3.25. The molecule has 0 spiro atoms. The molecule has 0 aliphatic carbocycles. The van der Waals surface area contributed by atoms with Crippen molar-refractivity contribution in [2.75, 3.05) is 0 Å². The van der Waals surface area contributed by atoms with Crippen LogP contribution in [0.4, 0.5) is 4.39 Å². The maximum atomic E-state index is 13.0. The van der Waals surface area contributed by atoms with Gasteiger partial charge >= 0.3 is 0 Å². The summed E-state index contributed by atoms with van der Waals surface area (Å²) in [7, 11) is 0. The summed E-state index contributed by atoms with van der Waals surface area (Å²) in [6.07, 6.45) is 0.896. The first-order valence-electron chi connectivity index (χ1n) is 10.0. The average Bonchev–Trinajstić information content (AvgIpc) is 3.18. The molecule has 0 fully saturated rings. The zero-order valence-corrected chi connectivity index (χ0v) is 18.1. The second-order valence-electron chi connectivity index (χ2n) is 7.47. The van der Waals surface area contributed by atoms with Crippen LogP contribution in [0.3, 0.4) is 0 Å². The number of carbonyl (C=O) groups is 1. The minimum absolute atomic E-state index is 0.0643.